The molecule has 0 spiro atoms. The number of hydrogen-bond acceptors (Lipinski definition) is 2. The fourth-order valence-electron chi connectivity index (χ4n) is 1.10. The standard InChI is InChI=1S/C8H13NO/c1-10-8-5-3-2-4-7(8)6-9/h2-3H,4-6,9H2,1H3. The Morgan fingerprint density at radius 1 is 1.50 bits per heavy atom. The Morgan fingerprint density at radius 3 is 2.70 bits per heavy atom. The van der Waals surface area contributed by atoms with Crippen LogP contribution in [0.1, 0.15) is 12.8 Å². The number of nitrogens with two attached hydrogens (primary N) is 1. The fraction of sp³-hybridized carbons (Fsp3) is 0.500. The molecule has 0 saturated carbocycles. The van der Waals surface area contributed by atoms with Gasteiger partial charge in [-0.3, -0.25) is 0 Å². The van der Waals surface area contributed by atoms with E-state index in [1.807, 2.05) is 0 Å². The van der Waals surface area contributed by atoms with Crippen molar-refractivity contribution in [3.05, 3.63) is 23.5 Å². The largest absolute Gasteiger partial charge is 0.501 e. The minimum Gasteiger partial charge on any atom is -0.501 e. The Kier molecular flexibility index (Phi) is 2.51. The molecule has 0 aromatic carbocycles. The molecular formula is C8H13NO. The molecule has 0 aromatic rings. The van der Waals surface area contributed by atoms with Crippen LogP contribution in [0.5, 0.6) is 0 Å². The molecule has 10 heavy (non-hydrogen) atoms. The lowest BCUT2D eigenvalue weighted by Crippen LogP contribution is -2.08. The second-order valence-electron chi connectivity index (χ2n) is 2.31. The van der Waals surface area contributed by atoms with Crippen molar-refractivity contribution in [3.63, 3.8) is 0 Å². The molecule has 1 aliphatic carbocycles. The average molecular weight is 139 g/mol. The van der Waals surface area contributed by atoms with E-state index in [2.05, 4.69) is 12.2 Å². The zero-order valence-corrected chi connectivity index (χ0v) is 6.26. The first-order valence-corrected chi connectivity index (χ1v) is 3.48. The number of methoxy groups -OCH3 is 1. The zero-order chi connectivity index (χ0) is 7.40. The van der Waals surface area contributed by atoms with Crippen LogP contribution in [0.2, 0.25) is 0 Å². The van der Waals surface area contributed by atoms with Gasteiger partial charge >= 0.3 is 0 Å². The first-order chi connectivity index (χ1) is 4.88. The quantitative estimate of drug-likeness (QED) is 0.583. The molecular weight excluding hydrogens is 126 g/mol. The Balaban J connectivity index is 2.66. The van der Waals surface area contributed by atoms with Crippen molar-refractivity contribution >= 4 is 0 Å². The van der Waals surface area contributed by atoms with Crippen LogP contribution in [0.15, 0.2) is 23.5 Å². The Hall–Kier alpha value is -0.760. The molecule has 0 aromatic heterocycles. The van der Waals surface area contributed by atoms with E-state index in [9.17, 15) is 0 Å². The highest BCUT2D eigenvalue weighted by atomic mass is 16.5. The summed E-state index contributed by atoms with van der Waals surface area (Å²) < 4.78 is 5.14. The molecule has 0 heterocycles. The second kappa shape index (κ2) is 3.42. The molecule has 0 unspecified atom stereocenters. The van der Waals surface area contributed by atoms with Gasteiger partial charge < -0.3 is 10.5 Å². The van der Waals surface area contributed by atoms with Crippen LogP contribution in [0.25, 0.3) is 0 Å². The molecule has 0 radical (unpaired) electrons. The highest BCUT2D eigenvalue weighted by Crippen LogP contribution is 2.18. The van der Waals surface area contributed by atoms with Crippen molar-refractivity contribution < 1.29 is 4.74 Å². The average Bonchev–Trinajstić information content (AvgIpc) is 2.04. The number of hydrogen-bond donors (Lipinski definition) is 1. The van der Waals surface area contributed by atoms with Gasteiger partial charge in [-0.25, -0.2) is 0 Å². The van der Waals surface area contributed by atoms with Crippen molar-refractivity contribution in [1.82, 2.24) is 0 Å². The van der Waals surface area contributed by atoms with Gasteiger partial charge in [0.1, 0.15) is 5.76 Å². The number of ether oxygens (including phenoxy) is 1. The summed E-state index contributed by atoms with van der Waals surface area (Å²) >= 11 is 0. The lowest BCUT2D eigenvalue weighted by Gasteiger charge is -2.13. The minimum absolute atomic E-state index is 0.619. The van der Waals surface area contributed by atoms with Crippen LogP contribution in [-0.2, 0) is 4.74 Å². The summed E-state index contributed by atoms with van der Waals surface area (Å²) in [5, 5.41) is 0. The van der Waals surface area contributed by atoms with Crippen LogP contribution in [0, 0.1) is 0 Å². The van der Waals surface area contributed by atoms with Crippen molar-refractivity contribution in [2.75, 3.05) is 13.7 Å². The van der Waals surface area contributed by atoms with Crippen LogP contribution in [0.4, 0.5) is 0 Å². The lowest BCUT2D eigenvalue weighted by molar-refractivity contribution is 0.277. The molecule has 0 bridgehead atoms. The van der Waals surface area contributed by atoms with Gasteiger partial charge in [0, 0.05) is 13.0 Å². The molecule has 1 aliphatic rings. The molecule has 2 N–H and O–H groups in total. The summed E-state index contributed by atoms with van der Waals surface area (Å²) in [6.45, 7) is 0.619. The predicted molar refractivity (Wildman–Crippen MR) is 41.5 cm³/mol. The van der Waals surface area contributed by atoms with Crippen LogP contribution >= 0.6 is 0 Å². The van der Waals surface area contributed by atoms with E-state index in [0.717, 1.165) is 18.6 Å². The maximum absolute atomic E-state index is 5.50. The Labute approximate surface area is 61.4 Å². The summed E-state index contributed by atoms with van der Waals surface area (Å²) in [5.41, 5.74) is 6.72. The van der Waals surface area contributed by atoms with Gasteiger partial charge in [0.2, 0.25) is 0 Å². The third-order valence-electron chi connectivity index (χ3n) is 1.72. The summed E-state index contributed by atoms with van der Waals surface area (Å²) in [5.74, 6) is 1.05. The van der Waals surface area contributed by atoms with E-state index in [1.54, 1.807) is 7.11 Å². The molecule has 56 valence electrons. The summed E-state index contributed by atoms with van der Waals surface area (Å²) in [4.78, 5) is 0. The van der Waals surface area contributed by atoms with E-state index in [4.69, 9.17) is 10.5 Å². The van der Waals surface area contributed by atoms with Gasteiger partial charge in [0.15, 0.2) is 0 Å². The van der Waals surface area contributed by atoms with E-state index in [1.165, 1.54) is 5.57 Å². The van der Waals surface area contributed by atoms with E-state index >= 15 is 0 Å². The number of allylic oxidation sites excluding steroid dienone is 2. The van der Waals surface area contributed by atoms with Crippen molar-refractivity contribution in [2.24, 2.45) is 5.73 Å². The second-order valence-corrected chi connectivity index (χ2v) is 2.31. The zero-order valence-electron chi connectivity index (χ0n) is 6.26. The van der Waals surface area contributed by atoms with Gasteiger partial charge in [-0.1, -0.05) is 12.2 Å². The number of rotatable bonds is 2. The molecule has 2 heteroatoms. The fourth-order valence-corrected chi connectivity index (χ4v) is 1.10. The van der Waals surface area contributed by atoms with Gasteiger partial charge in [-0.2, -0.15) is 0 Å². The molecule has 0 saturated heterocycles. The van der Waals surface area contributed by atoms with Crippen LogP contribution < -0.4 is 5.73 Å². The third-order valence-corrected chi connectivity index (χ3v) is 1.72. The monoisotopic (exact) mass is 139 g/mol. The summed E-state index contributed by atoms with van der Waals surface area (Å²) in [6.07, 6.45) is 6.10. The molecule has 0 aliphatic heterocycles. The molecule has 2 nitrogen and oxygen atoms in total. The van der Waals surface area contributed by atoms with Gasteiger partial charge in [0.25, 0.3) is 0 Å². The highest BCUT2D eigenvalue weighted by molar-refractivity contribution is 5.20. The van der Waals surface area contributed by atoms with Crippen LogP contribution in [0.3, 0.4) is 0 Å². The Morgan fingerprint density at radius 2 is 2.20 bits per heavy atom. The summed E-state index contributed by atoms with van der Waals surface area (Å²) in [7, 11) is 1.70. The highest BCUT2D eigenvalue weighted by Gasteiger charge is 2.06. The van der Waals surface area contributed by atoms with Crippen molar-refractivity contribution in [1.29, 1.82) is 0 Å². The van der Waals surface area contributed by atoms with Gasteiger partial charge in [-0.15, -0.1) is 0 Å². The van der Waals surface area contributed by atoms with E-state index in [0.29, 0.717) is 6.54 Å². The SMILES string of the molecule is COC1=C(CN)CC=CC1. The first kappa shape index (κ1) is 7.35. The van der Waals surface area contributed by atoms with Crippen molar-refractivity contribution in [3.8, 4) is 0 Å². The normalized spacial score (nSPS) is 17.8. The van der Waals surface area contributed by atoms with Crippen molar-refractivity contribution in [2.45, 2.75) is 12.8 Å². The molecule has 1 rings (SSSR count). The lowest BCUT2D eigenvalue weighted by atomic mass is 10.0. The van der Waals surface area contributed by atoms with Crippen LogP contribution in [-0.4, -0.2) is 13.7 Å². The Bertz CT molecular complexity index is 152. The van der Waals surface area contributed by atoms with Gasteiger partial charge in [0.05, 0.1) is 7.11 Å². The maximum Gasteiger partial charge on any atom is 0.100 e. The molecule has 0 amide bonds. The van der Waals surface area contributed by atoms with Gasteiger partial charge in [-0.05, 0) is 12.0 Å². The third kappa shape index (κ3) is 1.39. The molecule has 0 fully saturated rings. The smallest absolute Gasteiger partial charge is 0.100 e. The topological polar surface area (TPSA) is 35.2 Å². The van der Waals surface area contributed by atoms with E-state index < -0.39 is 0 Å². The van der Waals surface area contributed by atoms with E-state index in [-0.39, 0.29) is 0 Å². The predicted octanol–water partition coefficient (Wildman–Crippen LogP) is 1.20. The first-order valence-electron chi connectivity index (χ1n) is 3.48. The summed E-state index contributed by atoms with van der Waals surface area (Å²) in [6, 6.07) is 0. The maximum atomic E-state index is 5.50. The minimum atomic E-state index is 0.619. The molecule has 0 atom stereocenters.